The van der Waals surface area contributed by atoms with E-state index >= 15 is 0 Å². The third kappa shape index (κ3) is 47.2. The summed E-state index contributed by atoms with van der Waals surface area (Å²) < 4.78 is 0. The van der Waals surface area contributed by atoms with Gasteiger partial charge in [0.2, 0.25) is 0 Å². The van der Waals surface area contributed by atoms with Crippen molar-refractivity contribution < 1.29 is 0 Å². The molecule has 6 heteroatoms. The molecule has 0 saturated carbocycles. The number of nitrogens with zero attached hydrogens (tertiary/aromatic N) is 6. The fourth-order valence-corrected chi connectivity index (χ4v) is 4.37. The second-order valence-corrected chi connectivity index (χ2v) is 14.6. The quantitative estimate of drug-likeness (QED) is 0.166. The lowest BCUT2D eigenvalue weighted by Gasteiger charge is -2.01. The average molecular weight is 924 g/mol. The minimum absolute atomic E-state index is 0. The van der Waals surface area contributed by atoms with E-state index < -0.39 is 0 Å². The molecule has 0 N–H and O–H groups in total. The summed E-state index contributed by atoms with van der Waals surface area (Å²) in [5.74, 6) is 3.52. The molecule has 6 nitrogen and oxygen atoms in total. The average Bonchev–Trinajstić information content (AvgIpc) is 3.40. The van der Waals surface area contributed by atoms with Crippen LogP contribution in [-0.2, 0) is 0 Å². The molecule has 0 spiro atoms. The zero-order valence-electron chi connectivity index (χ0n) is 47.0. The number of hydrogen-bond donors (Lipinski definition) is 0. The number of rotatable bonds is 6. The second-order valence-electron chi connectivity index (χ2n) is 14.6. The molecule has 0 aliphatic rings. The molecule has 0 atom stereocenters. The molecule has 6 heterocycles. The Morgan fingerprint density at radius 1 is 0.254 bits per heavy atom. The summed E-state index contributed by atoms with van der Waals surface area (Å²) in [5, 5.41) is 0. The van der Waals surface area contributed by atoms with Gasteiger partial charge in [-0.1, -0.05) is 198 Å². The van der Waals surface area contributed by atoms with Crippen molar-refractivity contribution in [3.63, 3.8) is 0 Å². The van der Waals surface area contributed by atoms with Crippen LogP contribution in [-0.4, -0.2) is 29.9 Å². The Balaban J connectivity index is -0.000000123. The van der Waals surface area contributed by atoms with Crippen LogP contribution in [0.3, 0.4) is 0 Å². The van der Waals surface area contributed by atoms with Crippen LogP contribution < -0.4 is 0 Å². The van der Waals surface area contributed by atoms with Crippen LogP contribution >= 0.6 is 0 Å². The van der Waals surface area contributed by atoms with Gasteiger partial charge in [0.05, 0.1) is 0 Å². The van der Waals surface area contributed by atoms with Gasteiger partial charge in [-0.2, -0.15) is 0 Å². The van der Waals surface area contributed by atoms with E-state index in [-0.39, 0.29) is 7.43 Å². The highest BCUT2D eigenvalue weighted by atomic mass is 14.7. The highest BCUT2D eigenvalue weighted by Gasteiger charge is 1.98. The van der Waals surface area contributed by atoms with E-state index in [0.717, 1.165) is 11.4 Å². The number of pyridine rings is 6. The summed E-state index contributed by atoms with van der Waals surface area (Å²) in [5.41, 5.74) is 7.64. The fraction of sp³-hybridized carbons (Fsp3) is 0.508. The molecule has 0 unspecified atom stereocenters. The zero-order valence-corrected chi connectivity index (χ0v) is 47.0. The summed E-state index contributed by atoms with van der Waals surface area (Å²) >= 11 is 0. The molecule has 0 saturated heterocycles. The van der Waals surface area contributed by atoms with Crippen LogP contribution in [0.2, 0.25) is 0 Å². The largest absolute Gasteiger partial charge is 0.265 e. The van der Waals surface area contributed by atoms with Crippen molar-refractivity contribution in [2.75, 3.05) is 0 Å². The van der Waals surface area contributed by atoms with Crippen molar-refractivity contribution in [2.24, 2.45) is 0 Å². The maximum Gasteiger partial charge on any atom is 0.0428 e. The van der Waals surface area contributed by atoms with Gasteiger partial charge in [0.25, 0.3) is 0 Å². The zero-order chi connectivity index (χ0) is 52.1. The predicted octanol–water partition coefficient (Wildman–Crippen LogP) is 20.0. The van der Waals surface area contributed by atoms with Gasteiger partial charge in [-0.25, -0.2) is 0 Å². The summed E-state index contributed by atoms with van der Waals surface area (Å²) in [6.07, 6.45) is 18.4. The summed E-state index contributed by atoms with van der Waals surface area (Å²) in [6, 6.07) is 28.3. The monoisotopic (exact) mass is 923 g/mol. The first kappa shape index (κ1) is 76.2. The predicted molar refractivity (Wildman–Crippen MR) is 305 cm³/mol. The van der Waals surface area contributed by atoms with Crippen LogP contribution in [0.1, 0.15) is 243 Å². The molecule has 0 fully saturated rings. The fourth-order valence-electron chi connectivity index (χ4n) is 4.37. The van der Waals surface area contributed by atoms with E-state index in [0.29, 0.717) is 35.5 Å². The van der Waals surface area contributed by atoms with E-state index in [2.05, 4.69) is 125 Å². The molecule has 380 valence electrons. The highest BCUT2D eigenvalue weighted by Crippen LogP contribution is 2.13. The van der Waals surface area contributed by atoms with Crippen molar-refractivity contribution in [3.8, 4) is 0 Å². The van der Waals surface area contributed by atoms with Gasteiger partial charge < -0.3 is 0 Å². The van der Waals surface area contributed by atoms with E-state index in [1.807, 2.05) is 205 Å². The lowest BCUT2D eigenvalue weighted by atomic mass is 10.1. The molecule has 6 rings (SSSR count). The van der Waals surface area contributed by atoms with Crippen molar-refractivity contribution in [1.82, 2.24) is 29.9 Å². The first-order valence-corrected chi connectivity index (χ1v) is 25.2. The third-order valence-electron chi connectivity index (χ3n) is 8.01. The minimum atomic E-state index is 0. The van der Waals surface area contributed by atoms with E-state index in [4.69, 9.17) is 0 Å². The van der Waals surface area contributed by atoms with Crippen LogP contribution in [0.25, 0.3) is 0 Å². The number of hydrogen-bond acceptors (Lipinski definition) is 6. The van der Waals surface area contributed by atoms with Crippen LogP contribution in [0.15, 0.2) is 147 Å². The lowest BCUT2D eigenvalue weighted by Crippen LogP contribution is -1.88. The first-order valence-electron chi connectivity index (χ1n) is 25.2. The molecular weight excluding hydrogens is 817 g/mol. The van der Waals surface area contributed by atoms with Gasteiger partial charge in [0, 0.05) is 73.4 Å². The van der Waals surface area contributed by atoms with E-state index in [1.54, 1.807) is 12.4 Å². The third-order valence-corrected chi connectivity index (χ3v) is 8.01. The lowest BCUT2D eigenvalue weighted by molar-refractivity contribution is 0.823. The normalized spacial score (nSPS) is 8.69. The first-order chi connectivity index (χ1) is 31.8. The van der Waals surface area contributed by atoms with Crippen molar-refractivity contribution in [1.29, 1.82) is 0 Å². The molecule has 0 bridgehead atoms. The van der Waals surface area contributed by atoms with Crippen LogP contribution in [0, 0.1) is 0 Å². The Hall–Kier alpha value is -5.10. The van der Waals surface area contributed by atoms with Gasteiger partial charge in [-0.3, -0.25) is 29.9 Å². The summed E-state index contributed by atoms with van der Waals surface area (Å²) in [7, 11) is 0. The summed E-state index contributed by atoms with van der Waals surface area (Å²) in [6.45, 7) is 49.9. The summed E-state index contributed by atoms with van der Waals surface area (Å²) in [4.78, 5) is 24.2. The molecule has 67 heavy (non-hydrogen) atoms. The molecule has 6 aromatic heterocycles. The molecule has 0 amide bonds. The van der Waals surface area contributed by atoms with Crippen molar-refractivity contribution in [2.45, 2.75) is 209 Å². The topological polar surface area (TPSA) is 77.3 Å². The second kappa shape index (κ2) is 58.9. The van der Waals surface area contributed by atoms with Gasteiger partial charge in [-0.15, -0.1) is 0 Å². The van der Waals surface area contributed by atoms with Crippen molar-refractivity contribution in [3.05, 3.63) is 181 Å². The molecule has 0 aliphatic heterocycles. The maximum atomic E-state index is 4.18. The maximum absolute atomic E-state index is 4.18. The Morgan fingerprint density at radius 2 is 0.522 bits per heavy atom. The van der Waals surface area contributed by atoms with Gasteiger partial charge in [0.15, 0.2) is 0 Å². The standard InChI is InChI=1S/6C8H11N.6C2H6.CH4/c2*1-7(2)8-3-5-9-6-4-8;2*1-7(2)8-4-3-5-9-6-8;2*1-7(2)8-5-3-4-6-9-8;6*1-2;/h6*3-7H,1-2H3;6*1-2H3;1H4. The Labute approximate surface area is 417 Å². The van der Waals surface area contributed by atoms with Gasteiger partial charge in [-0.05, 0) is 118 Å². The molecule has 0 aromatic carbocycles. The van der Waals surface area contributed by atoms with Gasteiger partial charge >= 0.3 is 0 Å². The SMILES string of the molecule is C.CC.CC.CC.CC.CC.CC.CC(C)c1ccccn1.CC(C)c1ccccn1.CC(C)c1cccnc1.CC(C)c1cccnc1.CC(C)c1ccncc1.CC(C)c1ccncc1. The van der Waals surface area contributed by atoms with Crippen molar-refractivity contribution >= 4 is 0 Å². The Kier molecular flexibility index (Phi) is 67.0. The van der Waals surface area contributed by atoms with Gasteiger partial charge in [0.1, 0.15) is 0 Å². The Morgan fingerprint density at radius 3 is 0.657 bits per heavy atom. The molecule has 0 radical (unpaired) electrons. The molecule has 6 aromatic rings. The minimum Gasteiger partial charge on any atom is -0.265 e. The molecule has 0 aliphatic carbocycles. The van der Waals surface area contributed by atoms with Crippen LogP contribution in [0.5, 0.6) is 0 Å². The van der Waals surface area contributed by atoms with Crippen LogP contribution in [0.4, 0.5) is 0 Å². The molecular formula is C61H106N6. The number of aromatic nitrogens is 6. The van der Waals surface area contributed by atoms with E-state index in [9.17, 15) is 0 Å². The van der Waals surface area contributed by atoms with E-state index in [1.165, 1.54) is 22.3 Å². The highest BCUT2D eigenvalue weighted by molar-refractivity contribution is 5.15. The smallest absolute Gasteiger partial charge is 0.0428 e. The Bertz CT molecular complexity index is 1340.